The number of aromatic nitrogens is 2. The van der Waals surface area contributed by atoms with E-state index in [0.29, 0.717) is 45.8 Å². The fourth-order valence-corrected chi connectivity index (χ4v) is 4.43. The molecule has 1 spiro atoms. The molecule has 0 radical (unpaired) electrons. The summed E-state index contributed by atoms with van der Waals surface area (Å²) in [6, 6.07) is 7.77. The Balaban J connectivity index is 1.31. The third-order valence-corrected chi connectivity index (χ3v) is 6.25. The predicted molar refractivity (Wildman–Crippen MR) is 128 cm³/mol. The van der Waals surface area contributed by atoms with E-state index >= 15 is 0 Å². The molecule has 2 N–H and O–H groups in total. The van der Waals surface area contributed by atoms with Crippen LogP contribution in [-0.4, -0.2) is 60.7 Å². The van der Waals surface area contributed by atoms with E-state index < -0.39 is 5.82 Å². The minimum absolute atomic E-state index is 0.000753. The molecule has 2 aliphatic rings. The number of rotatable bonds is 7. The molecule has 1 aromatic heterocycles. The largest absolute Gasteiger partial charge is 0.494 e. The average Bonchev–Trinajstić information content (AvgIpc) is 2.76. The van der Waals surface area contributed by atoms with Crippen LogP contribution in [0.2, 0.25) is 5.02 Å². The third-order valence-electron chi connectivity index (χ3n) is 5.96. The molecule has 5 rings (SSSR count). The lowest BCUT2D eigenvalue weighted by Crippen LogP contribution is -2.65. The Bertz CT molecular complexity index is 1270. The number of hydrogen-bond donors (Lipinski definition) is 2. The number of nitrogens with one attached hydrogen (secondary N) is 2. The predicted octanol–water partition coefficient (Wildman–Crippen LogP) is 4.00. The number of nitrogens with zero attached hydrogens (tertiary/aromatic N) is 3. The molecule has 0 atom stereocenters. The topological polar surface area (TPSA) is 88.6 Å². The van der Waals surface area contributed by atoms with Crippen molar-refractivity contribution in [2.24, 2.45) is 5.41 Å². The first kappa shape index (κ1) is 22.5. The highest BCUT2D eigenvalue weighted by Gasteiger charge is 2.48. The maximum atomic E-state index is 13.5. The summed E-state index contributed by atoms with van der Waals surface area (Å²) in [6.45, 7) is 4.40. The molecule has 8 nitrogen and oxygen atoms in total. The molecule has 0 bridgehead atoms. The molecule has 2 fully saturated rings. The maximum absolute atomic E-state index is 13.5. The highest BCUT2D eigenvalue weighted by Crippen LogP contribution is 2.37. The van der Waals surface area contributed by atoms with Crippen LogP contribution < -0.4 is 15.4 Å². The number of anilines is 3. The van der Waals surface area contributed by atoms with Gasteiger partial charge in [0.1, 0.15) is 23.7 Å². The zero-order chi connectivity index (χ0) is 23.7. The Labute approximate surface area is 200 Å². The number of carbonyl (C=O) groups is 1. The molecular weight excluding hydrogens is 461 g/mol. The second-order valence-corrected chi connectivity index (χ2v) is 9.01. The highest BCUT2D eigenvalue weighted by molar-refractivity contribution is 6.31. The monoisotopic (exact) mass is 483 g/mol. The van der Waals surface area contributed by atoms with E-state index in [1.165, 1.54) is 31.6 Å². The van der Waals surface area contributed by atoms with Crippen molar-refractivity contribution in [1.29, 1.82) is 0 Å². The van der Waals surface area contributed by atoms with E-state index in [0.717, 1.165) is 26.3 Å². The molecule has 0 unspecified atom stereocenters. The van der Waals surface area contributed by atoms with Crippen LogP contribution in [0.15, 0.2) is 48.8 Å². The van der Waals surface area contributed by atoms with Crippen molar-refractivity contribution >= 4 is 45.6 Å². The van der Waals surface area contributed by atoms with Crippen molar-refractivity contribution in [1.82, 2.24) is 14.9 Å². The smallest absolute Gasteiger partial charge is 0.248 e. The van der Waals surface area contributed by atoms with Crippen LogP contribution in [0.3, 0.4) is 0 Å². The SMILES string of the molecule is COc1cc2ncnc(Nc3ccc(F)c(Cl)c3)c2cc1NC(=O)/C=C/CN1CC2(COC2)C1. The lowest BCUT2D eigenvalue weighted by Gasteiger charge is -2.54. The van der Waals surface area contributed by atoms with Crippen LogP contribution in [0, 0.1) is 11.2 Å². The van der Waals surface area contributed by atoms with Crippen LogP contribution >= 0.6 is 11.6 Å². The quantitative estimate of drug-likeness (QED) is 0.491. The Hall–Kier alpha value is -3.27. The van der Waals surface area contributed by atoms with Gasteiger partial charge in [0.2, 0.25) is 5.91 Å². The van der Waals surface area contributed by atoms with Crippen molar-refractivity contribution in [2.75, 3.05) is 50.6 Å². The molecule has 2 aliphatic heterocycles. The van der Waals surface area contributed by atoms with Gasteiger partial charge in [0.05, 0.1) is 36.6 Å². The summed E-state index contributed by atoms with van der Waals surface area (Å²) < 4.78 is 24.2. The summed E-state index contributed by atoms with van der Waals surface area (Å²) in [6.07, 6.45) is 4.78. The van der Waals surface area contributed by atoms with Gasteiger partial charge in [-0.15, -0.1) is 0 Å². The fourth-order valence-electron chi connectivity index (χ4n) is 4.25. The van der Waals surface area contributed by atoms with Gasteiger partial charge in [0.25, 0.3) is 0 Å². The molecule has 176 valence electrons. The zero-order valence-corrected chi connectivity index (χ0v) is 19.2. The molecular formula is C24H23ClFN5O3. The number of ether oxygens (including phenoxy) is 2. The number of methoxy groups -OCH3 is 1. The number of benzene rings is 2. The second-order valence-electron chi connectivity index (χ2n) is 8.60. The zero-order valence-electron chi connectivity index (χ0n) is 18.5. The van der Waals surface area contributed by atoms with Gasteiger partial charge < -0.3 is 20.1 Å². The summed E-state index contributed by atoms with van der Waals surface area (Å²) in [4.78, 5) is 23.4. The van der Waals surface area contributed by atoms with Crippen molar-refractivity contribution < 1.29 is 18.7 Å². The van der Waals surface area contributed by atoms with Gasteiger partial charge in [-0.2, -0.15) is 0 Å². The Kier molecular flexibility index (Phi) is 6.07. The van der Waals surface area contributed by atoms with Crippen LogP contribution in [0.5, 0.6) is 5.75 Å². The van der Waals surface area contributed by atoms with Gasteiger partial charge in [0, 0.05) is 48.3 Å². The van der Waals surface area contributed by atoms with E-state index in [4.69, 9.17) is 21.1 Å². The van der Waals surface area contributed by atoms with Crippen molar-refractivity contribution in [3.8, 4) is 5.75 Å². The number of halogens is 2. The van der Waals surface area contributed by atoms with Gasteiger partial charge in [-0.3, -0.25) is 9.69 Å². The van der Waals surface area contributed by atoms with Crippen LogP contribution in [0.1, 0.15) is 0 Å². The number of hydrogen-bond acceptors (Lipinski definition) is 7. The van der Waals surface area contributed by atoms with E-state index in [1.54, 1.807) is 18.2 Å². The summed E-state index contributed by atoms with van der Waals surface area (Å²) in [7, 11) is 1.53. The van der Waals surface area contributed by atoms with E-state index in [-0.39, 0.29) is 10.9 Å². The number of likely N-dealkylation sites (tertiary alicyclic amines) is 1. The van der Waals surface area contributed by atoms with Gasteiger partial charge in [0.15, 0.2) is 0 Å². The fraction of sp³-hybridized carbons (Fsp3) is 0.292. The minimum atomic E-state index is -0.506. The lowest BCUT2D eigenvalue weighted by atomic mass is 9.78. The second kappa shape index (κ2) is 9.17. The molecule has 10 heteroatoms. The third kappa shape index (κ3) is 4.54. The molecule has 2 aromatic carbocycles. The van der Waals surface area contributed by atoms with Gasteiger partial charge in [-0.1, -0.05) is 17.7 Å². The van der Waals surface area contributed by atoms with Gasteiger partial charge >= 0.3 is 0 Å². The maximum Gasteiger partial charge on any atom is 0.248 e. The standard InChI is InChI=1S/C24H23ClFN5O3/c1-33-21-9-19-16(23(28-14-27-19)29-15-4-5-18(26)17(25)7-15)8-20(21)30-22(32)3-2-6-31-10-24(11-31)12-34-13-24/h2-5,7-9,14H,6,10-13H2,1H3,(H,30,32)(H,27,28,29)/b3-2+. The number of carbonyl (C=O) groups excluding carboxylic acids is 1. The van der Waals surface area contributed by atoms with E-state index in [9.17, 15) is 9.18 Å². The Morgan fingerprint density at radius 2 is 2.12 bits per heavy atom. The highest BCUT2D eigenvalue weighted by atomic mass is 35.5. The van der Waals surface area contributed by atoms with Crippen molar-refractivity contribution in [3.05, 3.63) is 59.7 Å². The molecule has 2 saturated heterocycles. The van der Waals surface area contributed by atoms with E-state index in [2.05, 4.69) is 25.5 Å². The van der Waals surface area contributed by atoms with Crippen LogP contribution in [0.4, 0.5) is 21.6 Å². The lowest BCUT2D eigenvalue weighted by molar-refractivity contribution is -0.186. The van der Waals surface area contributed by atoms with Crippen LogP contribution in [-0.2, 0) is 9.53 Å². The molecule has 3 heterocycles. The van der Waals surface area contributed by atoms with Gasteiger partial charge in [-0.25, -0.2) is 14.4 Å². The first-order valence-corrected chi connectivity index (χ1v) is 11.1. The summed E-state index contributed by atoms with van der Waals surface area (Å²) in [5.74, 6) is 0.177. The molecule has 1 amide bonds. The van der Waals surface area contributed by atoms with Gasteiger partial charge in [-0.05, 0) is 24.3 Å². The summed E-state index contributed by atoms with van der Waals surface area (Å²) in [5, 5.41) is 6.64. The van der Waals surface area contributed by atoms with Crippen molar-refractivity contribution in [2.45, 2.75) is 0 Å². The molecule has 3 aromatic rings. The first-order chi connectivity index (χ1) is 16.4. The average molecular weight is 484 g/mol. The Morgan fingerprint density at radius 3 is 2.82 bits per heavy atom. The normalized spacial score (nSPS) is 16.9. The van der Waals surface area contributed by atoms with Crippen molar-refractivity contribution in [3.63, 3.8) is 0 Å². The van der Waals surface area contributed by atoms with Crippen LogP contribution in [0.25, 0.3) is 10.9 Å². The molecule has 0 saturated carbocycles. The number of fused-ring (bicyclic) bond motifs is 1. The minimum Gasteiger partial charge on any atom is -0.494 e. The van der Waals surface area contributed by atoms with E-state index in [1.807, 2.05) is 6.08 Å². The molecule has 0 aliphatic carbocycles. The number of amides is 1. The molecule has 34 heavy (non-hydrogen) atoms. The first-order valence-electron chi connectivity index (χ1n) is 10.8. The Morgan fingerprint density at radius 1 is 1.29 bits per heavy atom. The summed E-state index contributed by atoms with van der Waals surface area (Å²) in [5.41, 5.74) is 2.01. The summed E-state index contributed by atoms with van der Waals surface area (Å²) >= 11 is 5.89.